The fourth-order valence-corrected chi connectivity index (χ4v) is 17.5. The summed E-state index contributed by atoms with van der Waals surface area (Å²) in [4.78, 5) is 9.96. The maximum absolute atomic E-state index is 2.69. The zero-order valence-electron chi connectivity index (χ0n) is 40.2. The average Bonchev–Trinajstić information content (AvgIpc) is 3.46. The Morgan fingerprint density at radius 3 is 0.946 bits per heavy atom. The summed E-state index contributed by atoms with van der Waals surface area (Å²) in [5.41, 5.74) is 22.7. The standard InChI is InChI=1S/C66H44B2N4Se2/c1-7-23-45(24-8-1)69(46-25-9-2-10-26-46)51-39-59-65-63(41-51)73-61-44-62-56(43-55(61)67(65)53-35-19-21-37-57(53)71(59)49-31-15-5-16-32-49)68-54-36-20-22-38-58(54)72(50-33-17-6-18-34-50)60-40-52(42-64(74-62)66(60)68)70(47-27-11-3-12-28-47)48-29-13-4-14-30-48/h1-44H. The summed E-state index contributed by atoms with van der Waals surface area (Å²) in [6, 6.07) is 99.3. The predicted molar refractivity (Wildman–Crippen MR) is 317 cm³/mol. The first-order valence-electron chi connectivity index (χ1n) is 25.3. The van der Waals surface area contributed by atoms with Crippen molar-refractivity contribution < 1.29 is 0 Å². The molecule has 8 heteroatoms. The molecular formula is C66H44B2N4Se2. The molecule has 4 aliphatic rings. The molecule has 0 saturated heterocycles. The van der Waals surface area contributed by atoms with Crippen LogP contribution in [0.3, 0.4) is 0 Å². The summed E-state index contributed by atoms with van der Waals surface area (Å²) in [5, 5.41) is 0. The SMILES string of the molecule is c1ccc(N(c2ccccc2)c2cc3c4c(c2)N(c2ccccc2)c2ccccc2B4c2cc4c(cc2[Se]3)[Se]c2cc(N(c3ccccc3)c3ccccc3)cc3c2B4c2ccccc2N3c2ccccc2)cc1. The normalized spacial score (nSPS) is 13.2. The molecule has 0 fully saturated rings. The molecule has 4 aliphatic heterocycles. The number of benzene rings is 11. The molecule has 15 rings (SSSR count). The molecular weight excluding hydrogens is 1030 g/mol. The van der Waals surface area contributed by atoms with Crippen LogP contribution >= 0.6 is 0 Å². The van der Waals surface area contributed by atoms with Crippen LogP contribution in [0.2, 0.25) is 0 Å². The third-order valence-corrected chi connectivity index (χ3v) is 19.8. The molecule has 11 aromatic rings. The van der Waals surface area contributed by atoms with E-state index in [0.717, 1.165) is 22.7 Å². The first-order chi connectivity index (χ1) is 36.7. The number of anilines is 12. The molecule has 0 bridgehead atoms. The predicted octanol–water partition coefficient (Wildman–Crippen LogP) is 9.16. The van der Waals surface area contributed by atoms with Crippen molar-refractivity contribution in [2.45, 2.75) is 0 Å². The van der Waals surface area contributed by atoms with Crippen LogP contribution in [0.1, 0.15) is 0 Å². The van der Waals surface area contributed by atoms with Crippen LogP contribution in [0.5, 0.6) is 0 Å². The van der Waals surface area contributed by atoms with E-state index in [0.29, 0.717) is 0 Å². The van der Waals surface area contributed by atoms with Gasteiger partial charge in [-0.05, 0) is 0 Å². The fourth-order valence-electron chi connectivity index (χ4n) is 12.0. The van der Waals surface area contributed by atoms with Gasteiger partial charge in [0.25, 0.3) is 0 Å². The topological polar surface area (TPSA) is 13.0 Å². The fraction of sp³-hybridized carbons (Fsp3) is 0. The molecule has 4 nitrogen and oxygen atoms in total. The van der Waals surface area contributed by atoms with Crippen molar-refractivity contribution in [2.24, 2.45) is 0 Å². The zero-order chi connectivity index (χ0) is 48.7. The van der Waals surface area contributed by atoms with Crippen molar-refractivity contribution in [3.05, 3.63) is 267 Å². The van der Waals surface area contributed by atoms with Crippen molar-refractivity contribution in [1.82, 2.24) is 0 Å². The molecule has 4 heterocycles. The van der Waals surface area contributed by atoms with E-state index in [1.165, 1.54) is 96.1 Å². The van der Waals surface area contributed by atoms with E-state index in [1.54, 1.807) is 0 Å². The number of para-hydroxylation sites is 8. The maximum atomic E-state index is 2.69. The molecule has 0 aromatic heterocycles. The van der Waals surface area contributed by atoms with E-state index in [2.05, 4.69) is 287 Å². The van der Waals surface area contributed by atoms with E-state index < -0.39 is 0 Å². The number of hydrogen-bond acceptors (Lipinski definition) is 4. The Bertz CT molecular complexity index is 3610. The van der Waals surface area contributed by atoms with Crippen molar-refractivity contribution in [2.75, 3.05) is 19.6 Å². The number of rotatable bonds is 8. The van der Waals surface area contributed by atoms with Crippen LogP contribution in [0.4, 0.5) is 68.2 Å². The van der Waals surface area contributed by atoms with Crippen LogP contribution in [-0.4, -0.2) is 43.3 Å². The third kappa shape index (κ3) is 6.98. The van der Waals surface area contributed by atoms with E-state index in [-0.39, 0.29) is 43.3 Å². The van der Waals surface area contributed by atoms with Gasteiger partial charge in [0.15, 0.2) is 0 Å². The van der Waals surface area contributed by atoms with Gasteiger partial charge in [0, 0.05) is 0 Å². The van der Waals surface area contributed by atoms with Crippen LogP contribution in [0.15, 0.2) is 267 Å². The summed E-state index contributed by atoms with van der Waals surface area (Å²) < 4.78 is 5.84. The van der Waals surface area contributed by atoms with Gasteiger partial charge in [-0.3, -0.25) is 0 Å². The van der Waals surface area contributed by atoms with E-state index >= 15 is 0 Å². The van der Waals surface area contributed by atoms with Crippen LogP contribution in [0.25, 0.3) is 0 Å². The summed E-state index contributed by atoms with van der Waals surface area (Å²) in [5.74, 6) is 0. The Hall–Kier alpha value is -8.21. The second kappa shape index (κ2) is 17.8. The molecule has 0 unspecified atom stereocenters. The summed E-state index contributed by atoms with van der Waals surface area (Å²) >= 11 is 0.00795. The molecule has 74 heavy (non-hydrogen) atoms. The average molecular weight is 1070 g/mol. The van der Waals surface area contributed by atoms with E-state index in [9.17, 15) is 0 Å². The summed E-state index contributed by atoms with van der Waals surface area (Å²) in [7, 11) is 0. The minimum atomic E-state index is 0.00398. The molecule has 0 spiro atoms. The molecule has 0 radical (unpaired) electrons. The first-order valence-corrected chi connectivity index (χ1v) is 28.7. The van der Waals surface area contributed by atoms with Gasteiger partial charge in [-0.25, -0.2) is 0 Å². The van der Waals surface area contributed by atoms with Gasteiger partial charge in [0.2, 0.25) is 0 Å². The van der Waals surface area contributed by atoms with Crippen molar-refractivity contribution >= 4 is 162 Å². The Balaban J connectivity index is 0.968. The molecule has 0 amide bonds. The van der Waals surface area contributed by atoms with Gasteiger partial charge in [-0.15, -0.1) is 0 Å². The van der Waals surface area contributed by atoms with Crippen LogP contribution in [-0.2, 0) is 0 Å². The van der Waals surface area contributed by atoms with Gasteiger partial charge in [-0.1, -0.05) is 0 Å². The molecule has 346 valence electrons. The van der Waals surface area contributed by atoms with Crippen molar-refractivity contribution in [3.8, 4) is 0 Å². The molecule has 0 N–H and O–H groups in total. The van der Waals surface area contributed by atoms with Gasteiger partial charge in [0.05, 0.1) is 0 Å². The summed E-state index contributed by atoms with van der Waals surface area (Å²) in [6.07, 6.45) is 0. The Morgan fingerprint density at radius 1 is 0.257 bits per heavy atom. The monoisotopic (exact) mass is 1070 g/mol. The van der Waals surface area contributed by atoms with E-state index in [1.807, 2.05) is 0 Å². The Labute approximate surface area is 445 Å². The quantitative estimate of drug-likeness (QED) is 0.141. The van der Waals surface area contributed by atoms with Gasteiger partial charge >= 0.3 is 449 Å². The Morgan fingerprint density at radius 2 is 0.581 bits per heavy atom. The van der Waals surface area contributed by atoms with E-state index in [4.69, 9.17) is 0 Å². The van der Waals surface area contributed by atoms with Crippen molar-refractivity contribution in [1.29, 1.82) is 0 Å². The Kier molecular flexibility index (Phi) is 10.4. The third-order valence-electron chi connectivity index (χ3n) is 15.1. The van der Waals surface area contributed by atoms with Crippen LogP contribution < -0.4 is 70.2 Å². The summed E-state index contributed by atoms with van der Waals surface area (Å²) in [6.45, 7) is 0.118. The van der Waals surface area contributed by atoms with Crippen molar-refractivity contribution in [3.63, 3.8) is 0 Å². The minimum absolute atomic E-state index is 0.00398. The zero-order valence-corrected chi connectivity index (χ0v) is 43.6. The first kappa shape index (κ1) is 43.4. The molecule has 0 aliphatic carbocycles. The second-order valence-corrected chi connectivity index (χ2v) is 23.8. The molecule has 0 saturated carbocycles. The molecule has 11 aromatic carbocycles. The molecule has 0 atom stereocenters. The van der Waals surface area contributed by atoms with Gasteiger partial charge in [0.1, 0.15) is 0 Å². The number of nitrogens with zero attached hydrogens (tertiary/aromatic N) is 4. The number of hydrogen-bond donors (Lipinski definition) is 0. The van der Waals surface area contributed by atoms with Gasteiger partial charge in [-0.2, -0.15) is 0 Å². The van der Waals surface area contributed by atoms with Gasteiger partial charge < -0.3 is 0 Å². The van der Waals surface area contributed by atoms with Crippen LogP contribution in [0, 0.1) is 0 Å². The number of fused-ring (bicyclic) bond motifs is 8. The second-order valence-electron chi connectivity index (χ2n) is 19.2.